The van der Waals surface area contributed by atoms with Crippen molar-refractivity contribution >= 4 is 0 Å². The van der Waals surface area contributed by atoms with Crippen LogP contribution < -0.4 is 5.43 Å². The summed E-state index contributed by atoms with van der Waals surface area (Å²) in [4.78, 5) is 14.4. The Morgan fingerprint density at radius 1 is 1.17 bits per heavy atom. The first-order chi connectivity index (χ1) is 11.1. The van der Waals surface area contributed by atoms with Gasteiger partial charge < -0.3 is 14.1 Å². The van der Waals surface area contributed by atoms with E-state index in [-0.39, 0.29) is 11.2 Å². The van der Waals surface area contributed by atoms with E-state index in [0.717, 1.165) is 24.5 Å². The maximum atomic E-state index is 12.0. The number of aromatic nitrogens is 1. The minimum Gasteiger partial charge on any atom is -0.503 e. The predicted octanol–water partition coefficient (Wildman–Crippen LogP) is 2.88. The number of hydrogen-bond donors (Lipinski definition) is 1. The van der Waals surface area contributed by atoms with E-state index in [9.17, 15) is 9.90 Å². The summed E-state index contributed by atoms with van der Waals surface area (Å²) in [6.45, 7) is 5.06. The minimum atomic E-state index is -0.303. The quantitative estimate of drug-likeness (QED) is 0.942. The second-order valence-electron chi connectivity index (χ2n) is 6.30. The van der Waals surface area contributed by atoms with Gasteiger partial charge in [0.2, 0.25) is 5.43 Å². The van der Waals surface area contributed by atoms with Crippen LogP contribution in [0.2, 0.25) is 0 Å². The normalized spacial score (nSPS) is 16.4. The number of aryl methyl sites for hydroxylation is 1. The smallest absolute Gasteiger partial charge is 0.223 e. The van der Waals surface area contributed by atoms with Gasteiger partial charge in [-0.1, -0.05) is 12.8 Å². The third-order valence-electron chi connectivity index (χ3n) is 4.56. The summed E-state index contributed by atoms with van der Waals surface area (Å²) in [7, 11) is 0. The summed E-state index contributed by atoms with van der Waals surface area (Å²) in [5.41, 5.74) is 1.23. The summed E-state index contributed by atoms with van der Waals surface area (Å²) in [5, 5.41) is 10.3. The highest BCUT2D eigenvalue weighted by Crippen LogP contribution is 2.21. The zero-order chi connectivity index (χ0) is 16.2. The SMILES string of the molecule is Cc1cc(=O)c(O)c(CN2CCCCCC2)n1Cc1ccco1. The van der Waals surface area contributed by atoms with Crippen molar-refractivity contribution in [3.63, 3.8) is 0 Å². The monoisotopic (exact) mass is 316 g/mol. The third-order valence-corrected chi connectivity index (χ3v) is 4.56. The topological polar surface area (TPSA) is 58.6 Å². The fraction of sp³-hybridized carbons (Fsp3) is 0.500. The van der Waals surface area contributed by atoms with E-state index in [4.69, 9.17) is 4.42 Å². The van der Waals surface area contributed by atoms with Gasteiger partial charge in [0, 0.05) is 18.3 Å². The number of rotatable bonds is 4. The molecule has 0 spiro atoms. The average molecular weight is 316 g/mol. The molecule has 2 aromatic rings. The number of nitrogens with zero attached hydrogens (tertiary/aromatic N) is 2. The fourth-order valence-corrected chi connectivity index (χ4v) is 3.26. The van der Waals surface area contributed by atoms with Crippen molar-refractivity contribution in [1.29, 1.82) is 0 Å². The highest BCUT2D eigenvalue weighted by atomic mass is 16.3. The van der Waals surface area contributed by atoms with Crippen molar-refractivity contribution in [1.82, 2.24) is 9.47 Å². The highest BCUT2D eigenvalue weighted by Gasteiger charge is 2.18. The zero-order valence-corrected chi connectivity index (χ0v) is 13.6. The van der Waals surface area contributed by atoms with E-state index in [1.807, 2.05) is 23.6 Å². The molecular weight excluding hydrogens is 292 g/mol. The molecule has 5 nitrogen and oxygen atoms in total. The first-order valence-corrected chi connectivity index (χ1v) is 8.32. The number of aromatic hydroxyl groups is 1. The second-order valence-corrected chi connectivity index (χ2v) is 6.30. The zero-order valence-electron chi connectivity index (χ0n) is 13.6. The lowest BCUT2D eigenvalue weighted by Gasteiger charge is -2.24. The Balaban J connectivity index is 1.93. The van der Waals surface area contributed by atoms with Crippen LogP contribution in [0.5, 0.6) is 5.75 Å². The molecule has 1 saturated heterocycles. The molecule has 5 heteroatoms. The first kappa shape index (κ1) is 15.9. The number of likely N-dealkylation sites (tertiary alicyclic amines) is 1. The number of pyridine rings is 1. The van der Waals surface area contributed by atoms with Crippen LogP contribution in [0.25, 0.3) is 0 Å². The van der Waals surface area contributed by atoms with Crippen LogP contribution in [0, 0.1) is 6.92 Å². The van der Waals surface area contributed by atoms with Crippen LogP contribution in [0.3, 0.4) is 0 Å². The van der Waals surface area contributed by atoms with E-state index in [1.165, 1.54) is 31.7 Å². The van der Waals surface area contributed by atoms with Crippen molar-refractivity contribution in [2.75, 3.05) is 13.1 Å². The molecule has 0 atom stereocenters. The van der Waals surface area contributed by atoms with Crippen LogP contribution in [0.4, 0.5) is 0 Å². The van der Waals surface area contributed by atoms with Crippen molar-refractivity contribution in [3.05, 3.63) is 51.8 Å². The molecule has 2 aromatic heterocycles. The molecule has 1 fully saturated rings. The van der Waals surface area contributed by atoms with Gasteiger partial charge in [-0.3, -0.25) is 9.69 Å². The van der Waals surface area contributed by atoms with Gasteiger partial charge in [0.05, 0.1) is 18.5 Å². The molecule has 124 valence electrons. The maximum absolute atomic E-state index is 12.0. The van der Waals surface area contributed by atoms with Crippen LogP contribution in [-0.4, -0.2) is 27.7 Å². The summed E-state index contributed by atoms with van der Waals surface area (Å²) < 4.78 is 7.42. The molecule has 0 bridgehead atoms. The van der Waals surface area contributed by atoms with Gasteiger partial charge in [0.15, 0.2) is 5.75 Å². The van der Waals surface area contributed by atoms with E-state index in [1.54, 1.807) is 6.26 Å². The highest BCUT2D eigenvalue weighted by molar-refractivity contribution is 5.30. The molecule has 0 amide bonds. The molecule has 3 rings (SSSR count). The summed E-state index contributed by atoms with van der Waals surface area (Å²) in [6.07, 6.45) is 6.51. The van der Waals surface area contributed by atoms with Gasteiger partial charge >= 0.3 is 0 Å². The van der Waals surface area contributed by atoms with Gasteiger partial charge in [-0.2, -0.15) is 0 Å². The van der Waals surface area contributed by atoms with Crippen molar-refractivity contribution in [2.24, 2.45) is 0 Å². The Labute approximate surface area is 136 Å². The molecule has 0 saturated carbocycles. The van der Waals surface area contributed by atoms with Gasteiger partial charge in [0.1, 0.15) is 5.76 Å². The van der Waals surface area contributed by atoms with E-state index in [2.05, 4.69) is 4.90 Å². The Bertz CT molecular complexity index is 696. The lowest BCUT2D eigenvalue weighted by atomic mass is 10.2. The van der Waals surface area contributed by atoms with Crippen molar-refractivity contribution in [2.45, 2.75) is 45.7 Å². The van der Waals surface area contributed by atoms with Crippen LogP contribution in [-0.2, 0) is 13.1 Å². The molecule has 0 aromatic carbocycles. The Morgan fingerprint density at radius 3 is 2.57 bits per heavy atom. The van der Waals surface area contributed by atoms with E-state index >= 15 is 0 Å². The third kappa shape index (κ3) is 3.67. The molecule has 0 aliphatic carbocycles. The Kier molecular flexibility index (Phi) is 4.86. The molecule has 1 aliphatic rings. The van der Waals surface area contributed by atoms with Crippen molar-refractivity contribution in [3.8, 4) is 5.75 Å². The Hall–Kier alpha value is -2.01. The van der Waals surface area contributed by atoms with E-state index < -0.39 is 0 Å². The van der Waals surface area contributed by atoms with Gasteiger partial charge in [-0.15, -0.1) is 0 Å². The van der Waals surface area contributed by atoms with Crippen LogP contribution >= 0.6 is 0 Å². The van der Waals surface area contributed by atoms with Gasteiger partial charge in [-0.05, 0) is 45.0 Å². The van der Waals surface area contributed by atoms with Crippen LogP contribution in [0.15, 0.2) is 33.7 Å². The Morgan fingerprint density at radius 2 is 1.91 bits per heavy atom. The lowest BCUT2D eigenvalue weighted by molar-refractivity contribution is 0.262. The number of furan rings is 1. The summed E-state index contributed by atoms with van der Waals surface area (Å²) in [5.74, 6) is 0.680. The standard InChI is InChI=1S/C18H24N2O3/c1-14-11-17(21)18(22)16(13-19-8-4-2-3-5-9-19)20(14)12-15-7-6-10-23-15/h6-7,10-11,22H,2-5,8-9,12-13H2,1H3. The molecule has 1 N–H and O–H groups in total. The van der Waals surface area contributed by atoms with Gasteiger partial charge in [0.25, 0.3) is 0 Å². The predicted molar refractivity (Wildman–Crippen MR) is 88.7 cm³/mol. The average Bonchev–Trinajstić information content (AvgIpc) is 2.91. The van der Waals surface area contributed by atoms with Gasteiger partial charge in [-0.25, -0.2) is 0 Å². The minimum absolute atomic E-state index is 0.133. The largest absolute Gasteiger partial charge is 0.503 e. The molecule has 1 aliphatic heterocycles. The van der Waals surface area contributed by atoms with E-state index in [0.29, 0.717) is 18.8 Å². The molecule has 23 heavy (non-hydrogen) atoms. The fourth-order valence-electron chi connectivity index (χ4n) is 3.26. The summed E-state index contributed by atoms with van der Waals surface area (Å²) >= 11 is 0. The molecule has 3 heterocycles. The number of hydrogen-bond acceptors (Lipinski definition) is 4. The molecular formula is C18H24N2O3. The second kappa shape index (κ2) is 7.04. The summed E-state index contributed by atoms with van der Waals surface area (Å²) in [6, 6.07) is 5.25. The van der Waals surface area contributed by atoms with Crippen molar-refractivity contribution < 1.29 is 9.52 Å². The molecule has 0 unspecified atom stereocenters. The lowest BCUT2D eigenvalue weighted by Crippen LogP contribution is -2.28. The molecule has 0 radical (unpaired) electrons. The van der Waals surface area contributed by atoms with Crippen LogP contribution in [0.1, 0.15) is 42.8 Å². The maximum Gasteiger partial charge on any atom is 0.223 e. The first-order valence-electron chi connectivity index (χ1n) is 8.32.